The van der Waals surface area contributed by atoms with E-state index in [1.807, 2.05) is 37.3 Å². The quantitative estimate of drug-likeness (QED) is 0.106. The minimum atomic E-state index is -0.489. The number of carbonyl (C=O) groups is 1. The van der Waals surface area contributed by atoms with Gasteiger partial charge in [0, 0.05) is 17.8 Å². The summed E-state index contributed by atoms with van der Waals surface area (Å²) in [5.74, 6) is 0.139. The smallest absolute Gasteiger partial charge is 0.269 e. The molecule has 0 unspecified atom stereocenters. The Morgan fingerprint density at radius 3 is 2.42 bits per heavy atom. The highest BCUT2D eigenvalue weighted by Gasteiger charge is 2.13. The van der Waals surface area contributed by atoms with Gasteiger partial charge in [0.1, 0.15) is 24.0 Å². The number of nitro groups is 1. The minimum absolute atomic E-state index is 0.00826. The number of halogens is 2. The first-order chi connectivity index (χ1) is 15.8. The monoisotopic (exact) mass is 665 g/mol. The van der Waals surface area contributed by atoms with Crippen LogP contribution < -0.4 is 10.1 Å². The average Bonchev–Trinajstić information content (AvgIpc) is 2.78. The third-order valence-electron chi connectivity index (χ3n) is 4.51. The molecule has 0 spiro atoms. The van der Waals surface area contributed by atoms with Crippen LogP contribution in [0.4, 0.5) is 11.4 Å². The maximum atomic E-state index is 12.5. The molecule has 1 N–H and O–H groups in total. The molecule has 3 aromatic rings. The second-order valence-electron chi connectivity index (χ2n) is 7.02. The highest BCUT2D eigenvalue weighted by Crippen LogP contribution is 2.31. The normalized spacial score (nSPS) is 10.9. The van der Waals surface area contributed by atoms with Crippen molar-refractivity contribution in [2.75, 3.05) is 5.32 Å². The number of nitro benzene ring substituents is 1. The Kier molecular flexibility index (Phi) is 8.40. The number of rotatable bonds is 7. The molecule has 1 amide bonds. The van der Waals surface area contributed by atoms with E-state index in [0.29, 0.717) is 22.6 Å². The SMILES string of the molecule is Cc1ccc(NC(=O)/C(C#N)=C/c2cc(I)c(OCc3cccc([N+](=O)[O-])c3)c(I)c2)cc1. The number of hydrogen-bond donors (Lipinski definition) is 1. The number of non-ortho nitro benzene ring substituents is 1. The predicted octanol–water partition coefficient (Wildman–Crippen LogP) is 6.24. The molecule has 33 heavy (non-hydrogen) atoms. The molecule has 3 aromatic carbocycles. The van der Waals surface area contributed by atoms with Gasteiger partial charge in [0.15, 0.2) is 0 Å². The van der Waals surface area contributed by atoms with Crippen LogP contribution in [0, 0.1) is 35.5 Å². The Morgan fingerprint density at radius 1 is 1.15 bits per heavy atom. The zero-order valence-corrected chi connectivity index (χ0v) is 21.7. The van der Waals surface area contributed by atoms with Gasteiger partial charge in [-0.25, -0.2) is 0 Å². The number of carbonyl (C=O) groups excluding carboxylic acids is 1. The summed E-state index contributed by atoms with van der Waals surface area (Å²) in [5, 5.41) is 23.2. The average molecular weight is 665 g/mol. The summed E-state index contributed by atoms with van der Waals surface area (Å²) in [6.45, 7) is 2.12. The number of nitriles is 1. The first kappa shape index (κ1) is 24.7. The third kappa shape index (κ3) is 6.75. The molecule has 0 bridgehead atoms. The molecule has 7 nitrogen and oxygen atoms in total. The van der Waals surface area contributed by atoms with Crippen molar-refractivity contribution in [1.82, 2.24) is 0 Å². The van der Waals surface area contributed by atoms with E-state index >= 15 is 0 Å². The fraction of sp³-hybridized carbons (Fsp3) is 0.0833. The lowest BCUT2D eigenvalue weighted by molar-refractivity contribution is -0.384. The van der Waals surface area contributed by atoms with E-state index in [2.05, 4.69) is 50.5 Å². The standard InChI is InChI=1S/C24H17I2N3O4/c1-15-5-7-19(8-6-15)28-24(30)18(13-27)9-17-11-21(25)23(22(26)12-17)33-14-16-3-2-4-20(10-16)29(31)32/h2-12H,14H2,1H3,(H,28,30)/b18-9+. The molecular weight excluding hydrogens is 648 g/mol. The summed E-state index contributed by atoms with van der Waals surface area (Å²) < 4.78 is 7.48. The highest BCUT2D eigenvalue weighted by molar-refractivity contribution is 14.1. The number of nitrogens with one attached hydrogen (secondary N) is 1. The number of nitrogens with zero attached hydrogens (tertiary/aromatic N) is 2. The topological polar surface area (TPSA) is 105 Å². The zero-order valence-electron chi connectivity index (χ0n) is 17.3. The number of amides is 1. The van der Waals surface area contributed by atoms with Gasteiger partial charge in [0.25, 0.3) is 11.6 Å². The first-order valence-corrected chi connectivity index (χ1v) is 11.8. The largest absolute Gasteiger partial charge is 0.487 e. The molecule has 0 heterocycles. The molecule has 166 valence electrons. The Hall–Kier alpha value is -2.98. The molecule has 0 aliphatic carbocycles. The summed E-state index contributed by atoms with van der Waals surface area (Å²) in [6, 6.07) is 19.2. The molecule has 0 fully saturated rings. The van der Waals surface area contributed by atoms with Crippen LogP contribution in [0.2, 0.25) is 0 Å². The van der Waals surface area contributed by atoms with Gasteiger partial charge < -0.3 is 10.1 Å². The van der Waals surface area contributed by atoms with Crippen molar-refractivity contribution in [3.05, 3.63) is 100 Å². The Morgan fingerprint density at radius 2 is 1.82 bits per heavy atom. The van der Waals surface area contributed by atoms with Crippen LogP contribution in [-0.2, 0) is 11.4 Å². The van der Waals surface area contributed by atoms with Gasteiger partial charge in [0.05, 0.1) is 12.1 Å². The third-order valence-corrected chi connectivity index (χ3v) is 6.11. The van der Waals surface area contributed by atoms with Crippen LogP contribution >= 0.6 is 45.2 Å². The summed E-state index contributed by atoms with van der Waals surface area (Å²) in [4.78, 5) is 23.0. The van der Waals surface area contributed by atoms with Gasteiger partial charge in [-0.05, 0) is 93.6 Å². The number of hydrogen-bond acceptors (Lipinski definition) is 5. The number of anilines is 1. The van der Waals surface area contributed by atoms with Crippen LogP contribution in [0.3, 0.4) is 0 Å². The summed E-state index contributed by atoms with van der Waals surface area (Å²) in [5.41, 5.74) is 3.03. The fourth-order valence-electron chi connectivity index (χ4n) is 2.87. The molecule has 0 saturated heterocycles. The van der Waals surface area contributed by atoms with Crippen molar-refractivity contribution in [1.29, 1.82) is 5.26 Å². The predicted molar refractivity (Wildman–Crippen MR) is 143 cm³/mol. The van der Waals surface area contributed by atoms with Gasteiger partial charge in [-0.2, -0.15) is 5.26 Å². The lowest BCUT2D eigenvalue weighted by Crippen LogP contribution is -2.13. The molecule has 0 atom stereocenters. The molecule has 9 heteroatoms. The Labute approximate surface area is 217 Å². The Bertz CT molecular complexity index is 1260. The van der Waals surface area contributed by atoms with E-state index in [4.69, 9.17) is 4.74 Å². The second kappa shape index (κ2) is 11.2. The van der Waals surface area contributed by atoms with Crippen molar-refractivity contribution in [2.24, 2.45) is 0 Å². The van der Waals surface area contributed by atoms with E-state index in [1.165, 1.54) is 18.2 Å². The van der Waals surface area contributed by atoms with Gasteiger partial charge >= 0.3 is 0 Å². The highest BCUT2D eigenvalue weighted by atomic mass is 127. The number of benzene rings is 3. The van der Waals surface area contributed by atoms with Gasteiger partial charge in [-0.1, -0.05) is 29.8 Å². The lowest BCUT2D eigenvalue weighted by atomic mass is 10.1. The fourth-order valence-corrected chi connectivity index (χ4v) is 4.99. The van der Waals surface area contributed by atoms with E-state index in [-0.39, 0.29) is 17.9 Å². The van der Waals surface area contributed by atoms with Crippen LogP contribution in [0.25, 0.3) is 6.08 Å². The van der Waals surface area contributed by atoms with E-state index in [1.54, 1.807) is 24.3 Å². The van der Waals surface area contributed by atoms with E-state index in [0.717, 1.165) is 12.7 Å². The molecule has 0 aliphatic heterocycles. The van der Waals surface area contributed by atoms with Crippen LogP contribution in [-0.4, -0.2) is 10.8 Å². The van der Waals surface area contributed by atoms with Crippen molar-refractivity contribution in [3.8, 4) is 11.8 Å². The number of aryl methyl sites for hydroxylation is 1. The summed E-state index contributed by atoms with van der Waals surface area (Å²) in [6.07, 6.45) is 1.53. The molecular formula is C24H17I2N3O4. The van der Waals surface area contributed by atoms with Gasteiger partial charge in [-0.3, -0.25) is 14.9 Å². The molecule has 0 saturated carbocycles. The summed E-state index contributed by atoms with van der Waals surface area (Å²) in [7, 11) is 0. The first-order valence-electron chi connectivity index (χ1n) is 9.62. The molecule has 0 aliphatic rings. The minimum Gasteiger partial charge on any atom is -0.487 e. The Balaban J connectivity index is 1.76. The maximum Gasteiger partial charge on any atom is 0.269 e. The van der Waals surface area contributed by atoms with Crippen molar-refractivity contribution in [2.45, 2.75) is 13.5 Å². The molecule has 0 radical (unpaired) electrons. The van der Waals surface area contributed by atoms with Crippen LogP contribution in [0.5, 0.6) is 5.75 Å². The van der Waals surface area contributed by atoms with Gasteiger partial charge in [0.2, 0.25) is 0 Å². The maximum absolute atomic E-state index is 12.5. The molecule has 3 rings (SSSR count). The van der Waals surface area contributed by atoms with E-state index in [9.17, 15) is 20.2 Å². The van der Waals surface area contributed by atoms with Crippen LogP contribution in [0.15, 0.2) is 66.2 Å². The van der Waals surface area contributed by atoms with Crippen molar-refractivity contribution >= 4 is 68.5 Å². The van der Waals surface area contributed by atoms with Crippen molar-refractivity contribution < 1.29 is 14.5 Å². The van der Waals surface area contributed by atoms with Crippen molar-refractivity contribution in [3.63, 3.8) is 0 Å². The second-order valence-corrected chi connectivity index (χ2v) is 9.34. The van der Waals surface area contributed by atoms with E-state index < -0.39 is 10.8 Å². The lowest BCUT2D eigenvalue weighted by Gasteiger charge is -2.12. The van der Waals surface area contributed by atoms with Gasteiger partial charge in [-0.15, -0.1) is 0 Å². The zero-order chi connectivity index (χ0) is 24.0. The molecule has 0 aromatic heterocycles. The number of ether oxygens (including phenoxy) is 1. The summed E-state index contributed by atoms with van der Waals surface area (Å²) >= 11 is 4.24. The van der Waals surface area contributed by atoms with Crippen LogP contribution in [0.1, 0.15) is 16.7 Å².